The zero-order valence-corrected chi connectivity index (χ0v) is 14.7. The first-order valence-electron chi connectivity index (χ1n) is 7.95. The zero-order chi connectivity index (χ0) is 19.3. The molecule has 2 heterocycles. The average Bonchev–Trinajstić information content (AvgIpc) is 3.30. The summed E-state index contributed by atoms with van der Waals surface area (Å²) >= 11 is 1.50. The molecule has 3 rings (SSSR count). The summed E-state index contributed by atoms with van der Waals surface area (Å²) in [6, 6.07) is 8.04. The minimum absolute atomic E-state index is 0.0544. The number of benzene rings is 1. The van der Waals surface area contributed by atoms with Gasteiger partial charge in [-0.3, -0.25) is 4.79 Å². The molecule has 0 aliphatic rings. The molecule has 27 heavy (non-hydrogen) atoms. The third-order valence-corrected chi connectivity index (χ3v) is 4.16. The first-order chi connectivity index (χ1) is 12.9. The summed E-state index contributed by atoms with van der Waals surface area (Å²) in [6.07, 6.45) is -4.07. The van der Waals surface area contributed by atoms with Crippen molar-refractivity contribution in [2.75, 3.05) is 17.2 Å². The van der Waals surface area contributed by atoms with Gasteiger partial charge in [0.15, 0.2) is 0 Å². The molecule has 10 heteroatoms. The van der Waals surface area contributed by atoms with Crippen LogP contribution in [-0.2, 0) is 11.2 Å². The lowest BCUT2D eigenvalue weighted by molar-refractivity contribution is -0.116. The summed E-state index contributed by atoms with van der Waals surface area (Å²) in [5.74, 6) is 0.328. The Labute approximate surface area is 156 Å². The Morgan fingerprint density at radius 1 is 1.15 bits per heavy atom. The number of hydrogen-bond donors (Lipinski definition) is 2. The number of alkyl halides is 3. The van der Waals surface area contributed by atoms with Crippen LogP contribution in [-0.4, -0.2) is 28.8 Å². The third-order valence-electron chi connectivity index (χ3n) is 3.48. The van der Waals surface area contributed by atoms with Crippen molar-refractivity contribution in [2.45, 2.75) is 19.0 Å². The maximum absolute atomic E-state index is 12.4. The highest BCUT2D eigenvalue weighted by Crippen LogP contribution is 2.24. The SMILES string of the molecule is O=C(CCc1nnc(-c2ccsc2)o1)Nc1ccccc1NCC(F)(F)F. The molecule has 0 unspecified atom stereocenters. The third kappa shape index (κ3) is 5.55. The van der Waals surface area contributed by atoms with Crippen LogP contribution in [0.4, 0.5) is 24.5 Å². The number of halogens is 3. The largest absolute Gasteiger partial charge is 0.421 e. The molecular weight excluding hydrogens is 381 g/mol. The van der Waals surface area contributed by atoms with E-state index < -0.39 is 12.7 Å². The second-order valence-electron chi connectivity index (χ2n) is 5.58. The van der Waals surface area contributed by atoms with Crippen molar-refractivity contribution in [3.05, 3.63) is 47.0 Å². The molecule has 3 aromatic rings. The molecule has 0 fully saturated rings. The van der Waals surface area contributed by atoms with Gasteiger partial charge in [-0.2, -0.15) is 24.5 Å². The Balaban J connectivity index is 1.55. The number of amides is 1. The van der Waals surface area contributed by atoms with Gasteiger partial charge in [0, 0.05) is 23.8 Å². The smallest absolute Gasteiger partial charge is 0.405 e. The van der Waals surface area contributed by atoms with Crippen molar-refractivity contribution < 1.29 is 22.4 Å². The fourth-order valence-corrected chi connectivity index (χ4v) is 2.86. The van der Waals surface area contributed by atoms with Crippen molar-refractivity contribution in [1.29, 1.82) is 0 Å². The number of aryl methyl sites for hydroxylation is 1. The molecule has 2 aromatic heterocycles. The highest BCUT2D eigenvalue weighted by atomic mass is 32.1. The van der Waals surface area contributed by atoms with E-state index in [0.29, 0.717) is 11.8 Å². The van der Waals surface area contributed by atoms with E-state index in [2.05, 4.69) is 20.8 Å². The molecule has 0 spiro atoms. The summed E-state index contributed by atoms with van der Waals surface area (Å²) in [6.45, 7) is -1.19. The topological polar surface area (TPSA) is 80.0 Å². The summed E-state index contributed by atoms with van der Waals surface area (Å²) in [7, 11) is 0. The van der Waals surface area contributed by atoms with Crippen LogP contribution in [0, 0.1) is 0 Å². The van der Waals surface area contributed by atoms with Gasteiger partial charge in [-0.25, -0.2) is 0 Å². The van der Waals surface area contributed by atoms with Gasteiger partial charge in [0.05, 0.1) is 11.4 Å². The summed E-state index contributed by atoms with van der Waals surface area (Å²) < 4.78 is 42.6. The molecule has 0 bridgehead atoms. The monoisotopic (exact) mass is 396 g/mol. The molecular formula is C17H15F3N4O2S. The second-order valence-corrected chi connectivity index (χ2v) is 6.36. The fourth-order valence-electron chi connectivity index (χ4n) is 2.23. The minimum Gasteiger partial charge on any atom is -0.421 e. The number of nitrogens with one attached hydrogen (secondary N) is 2. The van der Waals surface area contributed by atoms with E-state index in [-0.39, 0.29) is 30.1 Å². The fraction of sp³-hybridized carbons (Fsp3) is 0.235. The highest BCUT2D eigenvalue weighted by Gasteiger charge is 2.27. The Hall–Kier alpha value is -2.88. The van der Waals surface area contributed by atoms with Crippen molar-refractivity contribution in [3.63, 3.8) is 0 Å². The molecule has 6 nitrogen and oxygen atoms in total. The Kier molecular flexibility index (Phi) is 5.75. The number of rotatable bonds is 7. The van der Waals surface area contributed by atoms with Gasteiger partial charge < -0.3 is 15.1 Å². The van der Waals surface area contributed by atoms with Gasteiger partial charge in [-0.15, -0.1) is 10.2 Å². The quantitative estimate of drug-likeness (QED) is 0.621. The van der Waals surface area contributed by atoms with Gasteiger partial charge in [0.25, 0.3) is 0 Å². The second kappa shape index (κ2) is 8.21. The van der Waals surface area contributed by atoms with E-state index in [1.807, 2.05) is 16.8 Å². The number of aromatic nitrogens is 2. The zero-order valence-electron chi connectivity index (χ0n) is 13.9. The number of para-hydroxylation sites is 2. The molecule has 1 amide bonds. The number of anilines is 2. The first kappa shape index (κ1) is 18.9. The lowest BCUT2D eigenvalue weighted by Crippen LogP contribution is -2.22. The van der Waals surface area contributed by atoms with Crippen molar-refractivity contribution in [2.24, 2.45) is 0 Å². The number of hydrogen-bond acceptors (Lipinski definition) is 6. The van der Waals surface area contributed by atoms with Gasteiger partial charge >= 0.3 is 6.18 Å². The molecule has 0 aliphatic carbocycles. The normalized spacial score (nSPS) is 11.4. The van der Waals surface area contributed by atoms with E-state index in [1.54, 1.807) is 12.1 Å². The van der Waals surface area contributed by atoms with Crippen LogP contribution in [0.15, 0.2) is 45.5 Å². The van der Waals surface area contributed by atoms with Gasteiger partial charge in [0.1, 0.15) is 6.54 Å². The van der Waals surface area contributed by atoms with Crippen LogP contribution in [0.25, 0.3) is 11.5 Å². The number of nitrogens with zero attached hydrogens (tertiary/aromatic N) is 2. The van der Waals surface area contributed by atoms with E-state index in [4.69, 9.17) is 4.42 Å². The van der Waals surface area contributed by atoms with Gasteiger partial charge in [-0.1, -0.05) is 12.1 Å². The Bertz CT molecular complexity index is 894. The molecule has 0 atom stereocenters. The van der Waals surface area contributed by atoms with E-state index in [0.717, 1.165) is 5.56 Å². The van der Waals surface area contributed by atoms with Crippen LogP contribution < -0.4 is 10.6 Å². The molecule has 0 aliphatic heterocycles. The van der Waals surface area contributed by atoms with Crippen molar-refractivity contribution in [1.82, 2.24) is 10.2 Å². The number of carbonyl (C=O) groups is 1. The molecule has 142 valence electrons. The van der Waals surface area contributed by atoms with Crippen LogP contribution >= 0.6 is 11.3 Å². The molecule has 0 saturated carbocycles. The number of carbonyl (C=O) groups excluding carboxylic acids is 1. The molecule has 0 saturated heterocycles. The Morgan fingerprint density at radius 2 is 1.93 bits per heavy atom. The molecule has 0 radical (unpaired) electrons. The highest BCUT2D eigenvalue weighted by molar-refractivity contribution is 7.08. The average molecular weight is 396 g/mol. The minimum atomic E-state index is -4.35. The van der Waals surface area contributed by atoms with E-state index >= 15 is 0 Å². The summed E-state index contributed by atoms with van der Waals surface area (Å²) in [4.78, 5) is 12.1. The van der Waals surface area contributed by atoms with Crippen LogP contribution in [0.5, 0.6) is 0 Å². The number of thiophene rings is 1. The first-order valence-corrected chi connectivity index (χ1v) is 8.89. The van der Waals surface area contributed by atoms with Crippen molar-refractivity contribution >= 4 is 28.6 Å². The predicted octanol–water partition coefficient (Wildman–Crippen LogP) is 4.34. The van der Waals surface area contributed by atoms with Gasteiger partial charge in [-0.05, 0) is 23.6 Å². The molecule has 1 aromatic carbocycles. The maximum Gasteiger partial charge on any atom is 0.405 e. The van der Waals surface area contributed by atoms with Crippen LogP contribution in [0.1, 0.15) is 12.3 Å². The summed E-state index contributed by atoms with van der Waals surface area (Å²) in [5, 5.41) is 16.4. The van der Waals surface area contributed by atoms with Gasteiger partial charge in [0.2, 0.25) is 17.7 Å². The van der Waals surface area contributed by atoms with E-state index in [9.17, 15) is 18.0 Å². The van der Waals surface area contributed by atoms with Crippen molar-refractivity contribution in [3.8, 4) is 11.5 Å². The van der Waals surface area contributed by atoms with E-state index in [1.165, 1.54) is 23.5 Å². The lowest BCUT2D eigenvalue weighted by atomic mass is 10.2. The van der Waals surface area contributed by atoms with Crippen LogP contribution in [0.2, 0.25) is 0 Å². The lowest BCUT2D eigenvalue weighted by Gasteiger charge is -2.14. The van der Waals surface area contributed by atoms with Crippen LogP contribution in [0.3, 0.4) is 0 Å². The Morgan fingerprint density at radius 3 is 2.63 bits per heavy atom. The standard InChI is InChI=1S/C17H15F3N4O2S/c18-17(19,20)10-21-12-3-1-2-4-13(12)22-14(25)5-6-15-23-24-16(26-15)11-7-8-27-9-11/h1-4,7-9,21H,5-6,10H2,(H,22,25). The molecule has 2 N–H and O–H groups in total. The predicted molar refractivity (Wildman–Crippen MR) is 95.5 cm³/mol. The maximum atomic E-state index is 12.4. The summed E-state index contributed by atoms with van der Waals surface area (Å²) in [5.41, 5.74) is 1.28.